The van der Waals surface area contributed by atoms with Gasteiger partial charge in [-0.3, -0.25) is 0 Å². The van der Waals surface area contributed by atoms with Crippen molar-refractivity contribution in [3.63, 3.8) is 0 Å². The number of benzene rings is 12. The summed E-state index contributed by atoms with van der Waals surface area (Å²) in [6.07, 6.45) is 7.87. The standard InChI is InChI=1S/C30H36O.C28H32O.C27H30O.C22H20O.12CH3.4Ti/c1-19(2)17-30(18-20(3)4)27-13-8-7-10-25(27)26-15-14-22(16-28(26)30)24-12-9-11-23(21(5)6)29(24)31;1-5-16-28(17-6-2)25-13-8-7-10-23(25)24-15-14-20(18-26(24)28)22-12-9-11-21(19(3)4)27(22)29;1-26(2,3)20-15-23(25(28)24(16-20)27(4,5)6)18-11-12-22-19(14-18)13-17-9-7-8-10-21(17)22;1-14-8-11-21(23)18(12-14)15-9-10-17-16-6-4-5-7-19(16)22(2,3)20(17)13-15;;;;;;;;;;;;;;;;/h7-16,19-21,31H,17-18H2,1-6H3;7-15,18-19,29H,5-6,16-17H2,1-4H3;7-12,14-16,28H,13H2,1-6H3;4-13,23H,1-3H3;12*1H3;;;;/q;;;;12*-1;4*+3. The van der Waals surface area contributed by atoms with E-state index in [-0.39, 0.29) is 203 Å². The molecule has 0 aromatic heterocycles. The zero-order valence-corrected chi connectivity index (χ0v) is 89.8. The Labute approximate surface area is 836 Å². The van der Waals surface area contributed by atoms with Crippen molar-refractivity contribution in [3.8, 4) is 112 Å². The summed E-state index contributed by atoms with van der Waals surface area (Å²) < 4.78 is 0. The Morgan fingerprint density at radius 1 is 0.307 bits per heavy atom. The van der Waals surface area contributed by atoms with Crippen LogP contribution in [0, 0.1) is 108 Å². The van der Waals surface area contributed by atoms with E-state index in [1.807, 2.05) is 30.3 Å². The minimum absolute atomic E-state index is 0. The number of fused-ring (bicyclic) bond motifs is 12. The number of rotatable bonds is 14. The van der Waals surface area contributed by atoms with Gasteiger partial charge in [0.25, 0.3) is 0 Å². The monoisotopic (exact) mass is 1840 g/mol. The Bertz CT molecular complexity index is 5450. The molecule has 0 fully saturated rings. The van der Waals surface area contributed by atoms with Crippen LogP contribution in [0.5, 0.6) is 23.0 Å². The van der Waals surface area contributed by atoms with E-state index < -0.39 is 0 Å². The molecule has 4 nitrogen and oxygen atoms in total. The first-order chi connectivity index (χ1) is 52.8. The van der Waals surface area contributed by atoms with Crippen LogP contribution in [0.3, 0.4) is 0 Å². The predicted molar refractivity (Wildman–Crippen MR) is 548 cm³/mol. The Balaban J connectivity index is -0.000000765. The minimum Gasteiger partial charge on any atom is -0.507 e. The number of hydrogen-bond acceptors (Lipinski definition) is 4. The van der Waals surface area contributed by atoms with Gasteiger partial charge in [0, 0.05) is 44.1 Å². The van der Waals surface area contributed by atoms with E-state index in [4.69, 9.17) is 0 Å². The molecule has 12 aromatic rings. The van der Waals surface area contributed by atoms with Crippen LogP contribution in [0.25, 0.3) is 89.0 Å². The summed E-state index contributed by atoms with van der Waals surface area (Å²) in [5.41, 5.74) is 35.6. The molecular formula is C119H154O4Ti4. The third-order valence-electron chi connectivity index (χ3n) is 24.3. The van der Waals surface area contributed by atoms with Crippen molar-refractivity contribution in [2.45, 2.75) is 215 Å². The Morgan fingerprint density at radius 2 is 0.661 bits per heavy atom. The summed E-state index contributed by atoms with van der Waals surface area (Å²) in [4.78, 5) is 0. The molecule has 4 aliphatic rings. The number of phenolic OH excluding ortho intramolecular Hbond substituents is 4. The van der Waals surface area contributed by atoms with Crippen LogP contribution in [0.4, 0.5) is 0 Å². The zero-order chi connectivity index (χ0) is 79.4. The van der Waals surface area contributed by atoms with E-state index in [1.165, 1.54) is 94.6 Å². The fourth-order valence-corrected chi connectivity index (χ4v) is 19.1. The fourth-order valence-electron chi connectivity index (χ4n) is 19.1. The van der Waals surface area contributed by atoms with Crippen LogP contribution in [0.1, 0.15) is 247 Å². The molecule has 0 heterocycles. The maximum Gasteiger partial charge on any atom is 3.00 e. The van der Waals surface area contributed by atoms with Gasteiger partial charge in [0.1, 0.15) is 23.0 Å². The summed E-state index contributed by atoms with van der Waals surface area (Å²) >= 11 is 0. The summed E-state index contributed by atoms with van der Waals surface area (Å²) in [6.45, 7) is 42.3. The first-order valence-electron chi connectivity index (χ1n) is 41.1. The van der Waals surface area contributed by atoms with Gasteiger partial charge in [-0.05, 0) is 238 Å². The first-order valence-corrected chi connectivity index (χ1v) is 41.1. The van der Waals surface area contributed by atoms with Crippen molar-refractivity contribution in [1.82, 2.24) is 0 Å². The molecule has 0 amide bonds. The maximum atomic E-state index is 11.2. The summed E-state index contributed by atoms with van der Waals surface area (Å²) in [7, 11) is 0. The quantitative estimate of drug-likeness (QED) is 0.0646. The molecule has 0 spiro atoms. The Hall–Kier alpha value is -7.30. The van der Waals surface area contributed by atoms with Gasteiger partial charge in [-0.1, -0.05) is 343 Å². The Morgan fingerprint density at radius 3 is 1.09 bits per heavy atom. The third-order valence-corrected chi connectivity index (χ3v) is 24.3. The van der Waals surface area contributed by atoms with E-state index >= 15 is 0 Å². The van der Waals surface area contributed by atoms with Crippen molar-refractivity contribution in [2.75, 3.05) is 0 Å². The van der Waals surface area contributed by atoms with E-state index in [9.17, 15) is 20.4 Å². The van der Waals surface area contributed by atoms with Crippen molar-refractivity contribution in [2.24, 2.45) is 11.8 Å². The molecule has 0 saturated heterocycles. The van der Waals surface area contributed by atoms with Crippen molar-refractivity contribution in [1.29, 1.82) is 0 Å². The van der Waals surface area contributed by atoms with Gasteiger partial charge in [-0.25, -0.2) is 0 Å². The number of para-hydroxylation sites is 2. The molecule has 4 radical (unpaired) electrons. The van der Waals surface area contributed by atoms with Crippen LogP contribution in [0.15, 0.2) is 237 Å². The summed E-state index contributed by atoms with van der Waals surface area (Å²) in [6, 6.07) is 84.5. The van der Waals surface area contributed by atoms with Crippen molar-refractivity contribution in [3.05, 3.63) is 398 Å². The van der Waals surface area contributed by atoms with Crippen LogP contribution in [-0.4, -0.2) is 20.4 Å². The van der Waals surface area contributed by atoms with Gasteiger partial charge in [0.15, 0.2) is 0 Å². The smallest absolute Gasteiger partial charge is 0.507 e. The van der Waals surface area contributed by atoms with E-state index in [0.29, 0.717) is 46.7 Å². The molecule has 12 aromatic carbocycles. The van der Waals surface area contributed by atoms with Gasteiger partial charge in [-0.15, -0.1) is 0 Å². The molecule has 0 bridgehead atoms. The SMILES string of the molecule is CC(C)(C)c1cc(-c2ccc3c(c2)Cc2ccccc2-3)c(O)c(C(C)(C)C)c1.CC(C)CC1(CC(C)C)c2ccccc2-c2ccc(-c3cccc(C(C)C)c3O)cc21.CCCC1(CCC)c2ccccc2-c2ccc(-c3cccc(C(C)C)c3O)cc21.Cc1ccc(O)c(-c2ccc3c(c2)C(C)(C)c2ccccc2-3)c1.[CH3-].[CH3-].[CH3-].[CH3-].[CH3-].[CH3-].[CH3-].[CH3-].[CH3-].[CH3-].[CH3-].[CH3-].[Ti+3].[Ti+3].[Ti+3].[Ti+3]. The van der Waals surface area contributed by atoms with E-state index in [0.717, 1.165) is 112 Å². The molecule has 127 heavy (non-hydrogen) atoms. The van der Waals surface area contributed by atoms with Crippen LogP contribution in [-0.2, 0) is 120 Å². The van der Waals surface area contributed by atoms with E-state index in [2.05, 4.69) is 332 Å². The number of phenols is 4. The molecule has 0 saturated carbocycles. The fraction of sp³-hybridized carbons (Fsp3) is 0.294. The van der Waals surface area contributed by atoms with Crippen LogP contribution in [0.2, 0.25) is 0 Å². The molecule has 0 atom stereocenters. The van der Waals surface area contributed by atoms with E-state index in [1.54, 1.807) is 6.07 Å². The molecule has 0 unspecified atom stereocenters. The molecule has 8 heteroatoms. The number of aromatic hydroxyl groups is 4. The topological polar surface area (TPSA) is 80.9 Å². The maximum absolute atomic E-state index is 11.2. The van der Waals surface area contributed by atoms with Crippen molar-refractivity contribution < 1.29 is 107 Å². The molecular weight excluding hydrogens is 1680 g/mol. The second kappa shape index (κ2) is 50.9. The molecule has 0 aliphatic heterocycles. The van der Waals surface area contributed by atoms with Crippen LogP contribution >= 0.6 is 0 Å². The Kier molecular flexibility index (Phi) is 50.5. The molecule has 670 valence electrons. The summed E-state index contributed by atoms with van der Waals surface area (Å²) in [5.74, 6) is 3.38. The van der Waals surface area contributed by atoms with Gasteiger partial charge in [0.05, 0.1) is 0 Å². The first kappa shape index (κ1) is 126. The zero-order valence-electron chi connectivity index (χ0n) is 83.6. The van der Waals surface area contributed by atoms with Gasteiger partial charge in [0.2, 0.25) is 0 Å². The molecule has 4 N–H and O–H groups in total. The predicted octanol–water partition coefficient (Wildman–Crippen LogP) is 34.9. The largest absolute Gasteiger partial charge is 3.00 e. The van der Waals surface area contributed by atoms with Gasteiger partial charge in [-0.2, -0.15) is 0 Å². The normalized spacial score (nSPS) is 12.3. The van der Waals surface area contributed by atoms with Crippen LogP contribution < -0.4 is 0 Å². The minimum atomic E-state index is -0.118. The van der Waals surface area contributed by atoms with Gasteiger partial charge >= 0.3 is 86.9 Å². The summed E-state index contributed by atoms with van der Waals surface area (Å²) in [5, 5.41) is 43.5. The molecule has 4 aliphatic carbocycles. The van der Waals surface area contributed by atoms with Crippen molar-refractivity contribution >= 4 is 0 Å². The number of aryl methyl sites for hydroxylation is 1. The second-order valence-electron chi connectivity index (χ2n) is 36.3. The molecule has 16 rings (SSSR count). The second-order valence-corrected chi connectivity index (χ2v) is 36.3. The average Bonchev–Trinajstić information content (AvgIpc) is 1.56. The average molecular weight is 1840 g/mol. The van der Waals surface area contributed by atoms with Gasteiger partial charge < -0.3 is 110 Å². The third kappa shape index (κ3) is 24.7. The number of hydrogen-bond donors (Lipinski definition) is 4.